The summed E-state index contributed by atoms with van der Waals surface area (Å²) in [5.41, 5.74) is 7.97. The molecule has 0 aromatic heterocycles. The summed E-state index contributed by atoms with van der Waals surface area (Å²) in [7, 11) is 0. The Labute approximate surface area is 131 Å². The zero-order valence-corrected chi connectivity index (χ0v) is 12.2. The molecule has 0 saturated carbocycles. The molecule has 1 unspecified atom stereocenters. The van der Waals surface area contributed by atoms with Gasteiger partial charge in [-0.2, -0.15) is 0 Å². The molecule has 1 aromatic carbocycles. The van der Waals surface area contributed by atoms with Crippen molar-refractivity contribution >= 4 is 23.4 Å². The van der Waals surface area contributed by atoms with Crippen molar-refractivity contribution in [2.24, 2.45) is 16.6 Å². The van der Waals surface area contributed by atoms with Crippen LogP contribution in [0.3, 0.4) is 0 Å². The van der Waals surface area contributed by atoms with Gasteiger partial charge < -0.3 is 15.2 Å². The summed E-state index contributed by atoms with van der Waals surface area (Å²) < 4.78 is 10.3. The summed E-state index contributed by atoms with van der Waals surface area (Å²) in [6, 6.07) is 6.26. The first-order valence-corrected chi connectivity index (χ1v) is 6.90. The molecule has 0 radical (unpaired) electrons. The molecular weight excluding hydrogens is 306 g/mol. The van der Waals surface area contributed by atoms with Crippen LogP contribution < -0.4 is 16.5 Å². The van der Waals surface area contributed by atoms with E-state index in [4.69, 9.17) is 15.2 Å². The zero-order valence-electron chi connectivity index (χ0n) is 12.2. The van der Waals surface area contributed by atoms with E-state index in [1.165, 1.54) is 0 Å². The van der Waals surface area contributed by atoms with E-state index in [1.54, 1.807) is 29.7 Å². The van der Waals surface area contributed by atoms with Crippen molar-refractivity contribution in [3.05, 3.63) is 34.4 Å². The Morgan fingerprint density at radius 2 is 2.22 bits per heavy atom. The van der Waals surface area contributed by atoms with E-state index < -0.39 is 11.1 Å². The number of benzene rings is 1. The standard InChI is InChI=1S/C13H17N5O5/c14-12(17-18(20)21)15-10-1-3-11(4-2-10)16-13(19)23-8-9-5-6-22-7-9/h1-4,9H,5-8H2,(H,16,19)(H3,14,15,17). The van der Waals surface area contributed by atoms with Crippen LogP contribution in [0.2, 0.25) is 0 Å². The molecule has 1 aromatic rings. The van der Waals surface area contributed by atoms with Crippen LogP contribution in [0.4, 0.5) is 16.2 Å². The lowest BCUT2D eigenvalue weighted by molar-refractivity contribution is -0.525. The fourth-order valence-electron chi connectivity index (χ4n) is 1.94. The van der Waals surface area contributed by atoms with E-state index in [0.717, 1.165) is 6.42 Å². The number of nitro groups is 1. The molecule has 124 valence electrons. The number of anilines is 1. The second-order valence-corrected chi connectivity index (χ2v) is 4.87. The van der Waals surface area contributed by atoms with Gasteiger partial charge in [-0.15, -0.1) is 0 Å². The highest BCUT2D eigenvalue weighted by molar-refractivity contribution is 5.85. The second-order valence-electron chi connectivity index (χ2n) is 4.87. The predicted octanol–water partition coefficient (Wildman–Crippen LogP) is 0.999. The first-order valence-electron chi connectivity index (χ1n) is 6.90. The third-order valence-electron chi connectivity index (χ3n) is 3.04. The highest BCUT2D eigenvalue weighted by Gasteiger charge is 2.17. The van der Waals surface area contributed by atoms with Crippen molar-refractivity contribution in [1.29, 1.82) is 0 Å². The van der Waals surface area contributed by atoms with Crippen molar-refractivity contribution in [2.75, 3.05) is 25.1 Å². The fraction of sp³-hybridized carbons (Fsp3) is 0.385. The quantitative estimate of drug-likeness (QED) is 0.317. The highest BCUT2D eigenvalue weighted by atomic mass is 16.7. The third-order valence-corrected chi connectivity index (χ3v) is 3.04. The SMILES string of the molecule is NC(=Nc1ccc(NC(=O)OCC2CCOC2)cc1)N[N+](=O)[O-]. The lowest BCUT2D eigenvalue weighted by Gasteiger charge is -2.10. The van der Waals surface area contributed by atoms with E-state index in [0.29, 0.717) is 31.2 Å². The Bertz CT molecular complexity index is 583. The molecule has 1 fully saturated rings. The van der Waals surface area contributed by atoms with E-state index in [1.807, 2.05) is 0 Å². The number of hydrazine groups is 1. The van der Waals surface area contributed by atoms with Gasteiger partial charge in [-0.1, -0.05) is 5.43 Å². The number of guanidine groups is 1. The topological polar surface area (TPSA) is 141 Å². The number of hydrogen-bond acceptors (Lipinski definition) is 6. The Morgan fingerprint density at radius 3 is 2.83 bits per heavy atom. The first-order chi connectivity index (χ1) is 11.0. The van der Waals surface area contributed by atoms with Gasteiger partial charge in [0.1, 0.15) is 0 Å². The van der Waals surface area contributed by atoms with Crippen molar-refractivity contribution in [2.45, 2.75) is 6.42 Å². The number of carbonyl (C=O) groups excluding carboxylic acids is 1. The van der Waals surface area contributed by atoms with Crippen molar-refractivity contribution in [3.8, 4) is 0 Å². The van der Waals surface area contributed by atoms with Crippen LogP contribution in [-0.2, 0) is 9.47 Å². The Hall–Kier alpha value is -2.88. The van der Waals surface area contributed by atoms with Crippen LogP contribution in [0.1, 0.15) is 6.42 Å². The molecule has 0 aliphatic carbocycles. The molecule has 10 heteroatoms. The van der Waals surface area contributed by atoms with Crippen molar-refractivity contribution in [1.82, 2.24) is 5.43 Å². The minimum atomic E-state index is -0.805. The highest BCUT2D eigenvalue weighted by Crippen LogP contribution is 2.17. The molecule has 1 aliphatic heterocycles. The fourth-order valence-corrected chi connectivity index (χ4v) is 1.94. The maximum absolute atomic E-state index is 11.6. The Kier molecular flexibility index (Phi) is 5.69. The summed E-state index contributed by atoms with van der Waals surface area (Å²) in [6.07, 6.45) is 0.335. The summed E-state index contributed by atoms with van der Waals surface area (Å²) >= 11 is 0. The van der Waals surface area contributed by atoms with Gasteiger partial charge >= 0.3 is 6.09 Å². The first kappa shape index (κ1) is 16.5. The van der Waals surface area contributed by atoms with Crippen LogP contribution in [0.15, 0.2) is 29.3 Å². The average Bonchev–Trinajstić information content (AvgIpc) is 3.00. The van der Waals surface area contributed by atoms with Gasteiger partial charge in [0.2, 0.25) is 0 Å². The molecular formula is C13H17N5O5. The molecule has 10 nitrogen and oxygen atoms in total. The predicted molar refractivity (Wildman–Crippen MR) is 81.8 cm³/mol. The molecule has 0 spiro atoms. The molecule has 0 bridgehead atoms. The molecule has 23 heavy (non-hydrogen) atoms. The van der Waals surface area contributed by atoms with E-state index in [-0.39, 0.29) is 11.9 Å². The zero-order chi connectivity index (χ0) is 16.7. The Morgan fingerprint density at radius 1 is 1.48 bits per heavy atom. The lowest BCUT2D eigenvalue weighted by atomic mass is 10.1. The van der Waals surface area contributed by atoms with Gasteiger partial charge in [0, 0.05) is 18.2 Å². The second kappa shape index (κ2) is 7.94. The van der Waals surface area contributed by atoms with Crippen LogP contribution in [0.5, 0.6) is 0 Å². The summed E-state index contributed by atoms with van der Waals surface area (Å²) in [5.74, 6) is -0.0940. The average molecular weight is 323 g/mol. The largest absolute Gasteiger partial charge is 0.449 e. The van der Waals surface area contributed by atoms with Gasteiger partial charge in [0.15, 0.2) is 5.03 Å². The molecule has 2 rings (SSSR count). The number of rotatable bonds is 5. The Balaban J connectivity index is 1.81. The normalized spacial score (nSPS) is 17.6. The van der Waals surface area contributed by atoms with Crippen molar-refractivity contribution in [3.63, 3.8) is 0 Å². The van der Waals surface area contributed by atoms with E-state index in [9.17, 15) is 14.9 Å². The molecule has 1 atom stereocenters. The number of nitrogens with two attached hydrogens (primary N) is 1. The lowest BCUT2D eigenvalue weighted by Crippen LogP contribution is -2.35. The van der Waals surface area contributed by atoms with Crippen molar-refractivity contribution < 1.29 is 19.3 Å². The maximum Gasteiger partial charge on any atom is 0.411 e. The van der Waals surface area contributed by atoms with Crippen LogP contribution in [0, 0.1) is 16.0 Å². The van der Waals surface area contributed by atoms with E-state index >= 15 is 0 Å². The van der Waals surface area contributed by atoms with Gasteiger partial charge in [-0.25, -0.2) is 19.9 Å². The van der Waals surface area contributed by atoms with Gasteiger partial charge in [-0.3, -0.25) is 5.32 Å². The number of carbonyl (C=O) groups is 1. The number of nitrogens with zero attached hydrogens (tertiary/aromatic N) is 2. The van der Waals surface area contributed by atoms with Gasteiger partial charge in [-0.05, 0) is 30.7 Å². The molecule has 4 N–H and O–H groups in total. The summed E-state index contributed by atoms with van der Waals surface area (Å²) in [5, 5.41) is 12.0. The molecule has 1 amide bonds. The summed E-state index contributed by atoms with van der Waals surface area (Å²) in [6.45, 7) is 1.63. The van der Waals surface area contributed by atoms with Gasteiger partial charge in [0.05, 0.1) is 18.9 Å². The molecule has 1 saturated heterocycles. The van der Waals surface area contributed by atoms with Gasteiger partial charge in [0.25, 0.3) is 5.96 Å². The van der Waals surface area contributed by atoms with Crippen LogP contribution in [0.25, 0.3) is 0 Å². The number of hydrogen-bond donors (Lipinski definition) is 3. The van der Waals surface area contributed by atoms with Crippen LogP contribution in [-0.4, -0.2) is 36.9 Å². The monoisotopic (exact) mass is 323 g/mol. The molecule has 1 aliphatic rings. The van der Waals surface area contributed by atoms with E-state index in [2.05, 4.69) is 10.3 Å². The minimum Gasteiger partial charge on any atom is -0.449 e. The number of nitrogens with one attached hydrogen (secondary N) is 2. The third kappa shape index (κ3) is 5.79. The number of aliphatic imine (C=N–C) groups is 1. The summed E-state index contributed by atoms with van der Waals surface area (Å²) in [4.78, 5) is 25.6. The maximum atomic E-state index is 11.6. The smallest absolute Gasteiger partial charge is 0.411 e. The minimum absolute atomic E-state index is 0.245. The molecule has 1 heterocycles. The number of amides is 1. The number of ether oxygens (including phenoxy) is 2. The van der Waals surface area contributed by atoms with Crippen LogP contribution >= 0.6 is 0 Å².